The number of non-ortho nitro benzene ring substituents is 2. The zero-order valence-corrected chi connectivity index (χ0v) is 13.6. The van der Waals surface area contributed by atoms with Gasteiger partial charge in [-0.25, -0.2) is 0 Å². The minimum atomic E-state index is -1.68. The van der Waals surface area contributed by atoms with Gasteiger partial charge in [-0.1, -0.05) is 0 Å². The minimum Gasteiger partial charge on any atom is -0.507 e. The number of Topliss-reactive ketones (excluding diaryl/α,β-unsaturated/α-hetero) is 2. The number of ketones is 2. The predicted octanol–water partition coefficient (Wildman–Crippen LogP) is 1.34. The number of nitro benzene ring substituents is 2. The number of nitrogens with zero attached hydrogens (tertiary/aromatic N) is 2. The highest BCUT2D eigenvalue weighted by atomic mass is 16.6. The van der Waals surface area contributed by atoms with Crippen LogP contribution in [0.2, 0.25) is 0 Å². The second-order valence-corrected chi connectivity index (χ2v) is 5.98. The van der Waals surface area contributed by atoms with Crippen LogP contribution >= 0.6 is 0 Å². The number of phenols is 4. The van der Waals surface area contributed by atoms with Crippen LogP contribution in [0.1, 0.15) is 23.0 Å². The first-order valence-corrected chi connectivity index (χ1v) is 7.52. The summed E-state index contributed by atoms with van der Waals surface area (Å²) in [6.07, 6.45) is 0. The average Bonchev–Trinajstić information content (AvgIpc) is 2.60. The molecule has 0 aliphatic heterocycles. The fraction of sp³-hybridized carbons (Fsp3) is 0.125. The van der Waals surface area contributed by atoms with Crippen LogP contribution in [-0.4, -0.2) is 41.8 Å². The third-order valence-electron chi connectivity index (χ3n) is 4.38. The maximum absolute atomic E-state index is 12.5. The molecule has 1 saturated carbocycles. The Hall–Kier alpha value is -4.22. The van der Waals surface area contributed by atoms with E-state index in [4.69, 9.17) is 0 Å². The Labute approximate surface area is 154 Å². The number of rotatable bonds is 4. The van der Waals surface area contributed by atoms with Crippen molar-refractivity contribution in [3.63, 3.8) is 0 Å². The zero-order chi connectivity index (χ0) is 20.9. The van der Waals surface area contributed by atoms with Crippen molar-refractivity contribution in [2.75, 3.05) is 0 Å². The molecule has 0 radical (unpaired) electrons. The topological polar surface area (TPSA) is 201 Å². The molecule has 28 heavy (non-hydrogen) atoms. The van der Waals surface area contributed by atoms with E-state index in [0.29, 0.717) is 24.3 Å². The molecule has 0 aromatic heterocycles. The highest BCUT2D eigenvalue weighted by molar-refractivity contribution is 6.32. The molecule has 4 N–H and O–H groups in total. The maximum Gasteiger partial charge on any atom is 0.276 e. The first-order valence-electron chi connectivity index (χ1n) is 7.52. The summed E-state index contributed by atoms with van der Waals surface area (Å²) in [4.78, 5) is 44.6. The van der Waals surface area contributed by atoms with Gasteiger partial charge in [0.2, 0.25) is 0 Å². The largest absolute Gasteiger partial charge is 0.507 e. The highest BCUT2D eigenvalue weighted by Crippen LogP contribution is 2.51. The van der Waals surface area contributed by atoms with E-state index >= 15 is 0 Å². The van der Waals surface area contributed by atoms with Gasteiger partial charge in [0.25, 0.3) is 11.4 Å². The Bertz CT molecular complexity index is 934. The molecule has 1 fully saturated rings. The second kappa shape index (κ2) is 6.19. The molecule has 0 saturated heterocycles. The number of aromatic hydroxyl groups is 4. The Kier molecular flexibility index (Phi) is 4.11. The summed E-state index contributed by atoms with van der Waals surface area (Å²) in [5, 5.41) is 61.1. The lowest BCUT2D eigenvalue weighted by Gasteiger charge is -2.33. The van der Waals surface area contributed by atoms with Crippen molar-refractivity contribution in [3.05, 3.63) is 55.6 Å². The number of nitro groups is 2. The van der Waals surface area contributed by atoms with Gasteiger partial charge in [-0.2, -0.15) is 0 Å². The Morgan fingerprint density at radius 3 is 1.11 bits per heavy atom. The Morgan fingerprint density at radius 1 is 0.643 bits per heavy atom. The van der Waals surface area contributed by atoms with Gasteiger partial charge in [0, 0.05) is 0 Å². The van der Waals surface area contributed by atoms with Crippen molar-refractivity contribution in [1.29, 1.82) is 0 Å². The monoisotopic (exact) mass is 390 g/mol. The molecule has 2 aromatic rings. The van der Waals surface area contributed by atoms with Crippen LogP contribution in [0.3, 0.4) is 0 Å². The van der Waals surface area contributed by atoms with Gasteiger partial charge in [-0.15, -0.1) is 0 Å². The molecule has 2 aromatic carbocycles. The summed E-state index contributed by atoms with van der Waals surface area (Å²) in [5.41, 5.74) is -2.42. The fourth-order valence-electron chi connectivity index (χ4n) is 3.11. The van der Waals surface area contributed by atoms with E-state index in [1.165, 1.54) is 0 Å². The number of carbonyl (C=O) groups excluding carboxylic acids is 2. The zero-order valence-electron chi connectivity index (χ0n) is 13.6. The number of benzene rings is 2. The van der Waals surface area contributed by atoms with Crippen LogP contribution < -0.4 is 0 Å². The van der Waals surface area contributed by atoms with Crippen molar-refractivity contribution in [2.24, 2.45) is 0 Å². The lowest BCUT2D eigenvalue weighted by Crippen LogP contribution is -2.44. The van der Waals surface area contributed by atoms with E-state index in [9.17, 15) is 50.2 Å². The van der Waals surface area contributed by atoms with Gasteiger partial charge >= 0.3 is 0 Å². The van der Waals surface area contributed by atoms with Crippen molar-refractivity contribution < 1.29 is 39.9 Å². The molecule has 1 aliphatic rings. The lowest BCUT2D eigenvalue weighted by molar-refractivity contribution is -0.385. The van der Waals surface area contributed by atoms with Gasteiger partial charge in [0.05, 0.1) is 45.2 Å². The van der Waals surface area contributed by atoms with Gasteiger partial charge in [0.15, 0.2) is 11.6 Å². The molecule has 0 bridgehead atoms. The third kappa shape index (κ3) is 2.63. The molecule has 0 amide bonds. The predicted molar refractivity (Wildman–Crippen MR) is 88.3 cm³/mol. The molecule has 1 aliphatic carbocycles. The Morgan fingerprint density at radius 2 is 0.893 bits per heavy atom. The first-order chi connectivity index (χ1) is 13.0. The standard InChI is InChI=1S/C16H10N2O10/c19-7-1-5(17(25)26)2-8(20)11(7)13-15(23)14(16(13)24)12-9(21)3-6(18(27)28)4-10(12)22/h1-4,13-14,19-22H. The summed E-state index contributed by atoms with van der Waals surface area (Å²) < 4.78 is 0. The summed E-state index contributed by atoms with van der Waals surface area (Å²) in [6, 6.07) is 2.63. The smallest absolute Gasteiger partial charge is 0.276 e. The molecule has 0 unspecified atom stereocenters. The molecule has 0 heterocycles. The van der Waals surface area contributed by atoms with Crippen molar-refractivity contribution in [1.82, 2.24) is 0 Å². The molecular formula is C16H10N2O10. The van der Waals surface area contributed by atoms with Crippen LogP contribution in [0.15, 0.2) is 24.3 Å². The minimum absolute atomic E-state index is 0.544. The summed E-state index contributed by atoms with van der Waals surface area (Å²) in [5.74, 6) is -8.63. The van der Waals surface area contributed by atoms with Crippen molar-refractivity contribution in [3.8, 4) is 23.0 Å². The summed E-state index contributed by atoms with van der Waals surface area (Å²) in [7, 11) is 0. The molecule has 144 valence electrons. The molecule has 12 nitrogen and oxygen atoms in total. The number of carbonyl (C=O) groups is 2. The molecule has 0 spiro atoms. The van der Waals surface area contributed by atoms with Gasteiger partial charge < -0.3 is 20.4 Å². The van der Waals surface area contributed by atoms with E-state index in [1.54, 1.807) is 0 Å². The maximum atomic E-state index is 12.5. The molecular weight excluding hydrogens is 380 g/mol. The highest BCUT2D eigenvalue weighted by Gasteiger charge is 2.54. The second-order valence-electron chi connectivity index (χ2n) is 5.98. The number of hydrogen-bond donors (Lipinski definition) is 4. The van der Waals surface area contributed by atoms with Crippen LogP contribution in [0.4, 0.5) is 11.4 Å². The van der Waals surface area contributed by atoms with Gasteiger partial charge in [-0.3, -0.25) is 29.8 Å². The number of hydrogen-bond acceptors (Lipinski definition) is 10. The normalized spacial score (nSPS) is 18.6. The first kappa shape index (κ1) is 18.6. The van der Waals surface area contributed by atoms with Crippen LogP contribution in [-0.2, 0) is 9.59 Å². The molecule has 12 heteroatoms. The SMILES string of the molecule is O=C1C(c2c(O)cc([N+](=O)[O-])cc2O)C(=O)C1c1c(O)cc([N+](=O)[O-])cc1O. The summed E-state index contributed by atoms with van der Waals surface area (Å²) >= 11 is 0. The Balaban J connectivity index is 2.01. The summed E-state index contributed by atoms with van der Waals surface area (Å²) in [6.45, 7) is 0. The van der Waals surface area contributed by atoms with Crippen LogP contribution in [0, 0.1) is 20.2 Å². The van der Waals surface area contributed by atoms with Crippen molar-refractivity contribution in [2.45, 2.75) is 11.8 Å². The van der Waals surface area contributed by atoms with E-state index in [0.717, 1.165) is 0 Å². The van der Waals surface area contributed by atoms with E-state index < -0.39 is 78.7 Å². The van der Waals surface area contributed by atoms with E-state index in [-0.39, 0.29) is 0 Å². The average molecular weight is 390 g/mol. The van der Waals surface area contributed by atoms with E-state index in [2.05, 4.69) is 0 Å². The van der Waals surface area contributed by atoms with E-state index in [1.807, 2.05) is 0 Å². The van der Waals surface area contributed by atoms with Crippen molar-refractivity contribution >= 4 is 22.9 Å². The number of phenolic OH excluding ortho intramolecular Hbond substituents is 4. The van der Waals surface area contributed by atoms with Gasteiger partial charge in [-0.05, 0) is 0 Å². The van der Waals surface area contributed by atoms with Crippen LogP contribution in [0.25, 0.3) is 0 Å². The lowest BCUT2D eigenvalue weighted by atomic mass is 9.65. The molecule has 0 atom stereocenters. The fourth-order valence-corrected chi connectivity index (χ4v) is 3.11. The quantitative estimate of drug-likeness (QED) is 0.335. The van der Waals surface area contributed by atoms with Gasteiger partial charge in [0.1, 0.15) is 34.8 Å². The third-order valence-corrected chi connectivity index (χ3v) is 4.38. The molecule has 3 rings (SSSR count). The van der Waals surface area contributed by atoms with Crippen LogP contribution in [0.5, 0.6) is 23.0 Å².